The Morgan fingerprint density at radius 3 is 2.79 bits per heavy atom. The number of rotatable bonds is 6. The molecule has 0 aliphatic carbocycles. The van der Waals surface area contributed by atoms with E-state index in [0.717, 1.165) is 11.3 Å². The van der Waals surface area contributed by atoms with E-state index in [1.807, 2.05) is 31.2 Å². The molecule has 3 rings (SSSR count). The van der Waals surface area contributed by atoms with Crippen molar-refractivity contribution >= 4 is 40.9 Å². The Morgan fingerprint density at radius 2 is 2.04 bits per heavy atom. The molecule has 3 aromatic rings. The van der Waals surface area contributed by atoms with E-state index in [9.17, 15) is 9.59 Å². The van der Waals surface area contributed by atoms with Gasteiger partial charge in [-0.25, -0.2) is 4.79 Å². The van der Waals surface area contributed by atoms with Crippen molar-refractivity contribution in [3.63, 3.8) is 0 Å². The van der Waals surface area contributed by atoms with Crippen LogP contribution in [0.5, 0.6) is 0 Å². The number of thioether (sulfide) groups is 1. The first-order chi connectivity index (χ1) is 13.5. The van der Waals surface area contributed by atoms with E-state index in [1.54, 1.807) is 10.7 Å². The zero-order chi connectivity index (χ0) is 20.1. The summed E-state index contributed by atoms with van der Waals surface area (Å²) < 4.78 is 6.26. The summed E-state index contributed by atoms with van der Waals surface area (Å²) in [7, 11) is 1.26. The Bertz CT molecular complexity index is 1020. The topological polar surface area (TPSA) is 99.0 Å². The fraction of sp³-hybridized carbons (Fsp3) is 0.167. The van der Waals surface area contributed by atoms with Gasteiger partial charge in [-0.15, -0.1) is 5.10 Å². The Kier molecular flexibility index (Phi) is 6.27. The molecular formula is C18H16ClN5O3S. The Balaban J connectivity index is 1.67. The number of carbonyl (C=O) groups is 2. The van der Waals surface area contributed by atoms with Gasteiger partial charge < -0.3 is 10.1 Å². The number of hydrogen-bond acceptors (Lipinski definition) is 7. The van der Waals surface area contributed by atoms with E-state index in [4.69, 9.17) is 11.6 Å². The van der Waals surface area contributed by atoms with Crippen LogP contribution in [-0.4, -0.2) is 44.9 Å². The molecule has 0 saturated heterocycles. The van der Waals surface area contributed by atoms with E-state index in [-0.39, 0.29) is 22.2 Å². The predicted molar refractivity (Wildman–Crippen MR) is 106 cm³/mol. The summed E-state index contributed by atoms with van der Waals surface area (Å²) in [5, 5.41) is 15.1. The highest BCUT2D eigenvalue weighted by molar-refractivity contribution is 7.99. The number of para-hydroxylation sites is 1. The third-order valence-corrected chi connectivity index (χ3v) is 5.02. The molecule has 1 heterocycles. The molecule has 0 fully saturated rings. The third-order valence-electron chi connectivity index (χ3n) is 3.77. The zero-order valence-electron chi connectivity index (χ0n) is 15.0. The van der Waals surface area contributed by atoms with Crippen LogP contribution in [0, 0.1) is 6.92 Å². The van der Waals surface area contributed by atoms with Crippen LogP contribution in [0.3, 0.4) is 0 Å². The molecule has 10 heteroatoms. The number of aromatic nitrogens is 4. The summed E-state index contributed by atoms with van der Waals surface area (Å²) >= 11 is 7.18. The summed E-state index contributed by atoms with van der Waals surface area (Å²) in [5.41, 5.74) is 2.47. The standard InChI is InChI=1S/C18H16ClN5O3S/c1-11-5-3-4-6-15(11)24-18(21-22-23-24)28-10-16(25)20-12-7-8-14(19)13(9-12)17(26)27-2/h3-9H,10H2,1-2H3,(H,20,25). The number of methoxy groups -OCH3 is 1. The first-order valence-electron chi connectivity index (χ1n) is 8.14. The van der Waals surface area contributed by atoms with Gasteiger partial charge in [-0.1, -0.05) is 41.6 Å². The number of benzene rings is 2. The normalized spacial score (nSPS) is 10.5. The second-order valence-electron chi connectivity index (χ2n) is 5.68. The summed E-state index contributed by atoms with van der Waals surface area (Å²) in [6.45, 7) is 1.96. The van der Waals surface area contributed by atoms with Gasteiger partial charge in [0, 0.05) is 5.69 Å². The number of amides is 1. The number of halogens is 1. The number of nitrogens with one attached hydrogen (secondary N) is 1. The molecular weight excluding hydrogens is 402 g/mol. The molecule has 1 N–H and O–H groups in total. The van der Waals surface area contributed by atoms with Crippen LogP contribution in [-0.2, 0) is 9.53 Å². The molecule has 0 bridgehead atoms. The fourth-order valence-electron chi connectivity index (χ4n) is 2.42. The summed E-state index contributed by atoms with van der Waals surface area (Å²) in [4.78, 5) is 24.0. The van der Waals surface area contributed by atoms with Crippen molar-refractivity contribution in [2.75, 3.05) is 18.2 Å². The number of anilines is 1. The van der Waals surface area contributed by atoms with Gasteiger partial charge in [0.1, 0.15) is 0 Å². The lowest BCUT2D eigenvalue weighted by Crippen LogP contribution is -2.15. The number of esters is 1. The van der Waals surface area contributed by atoms with Crippen molar-refractivity contribution in [3.8, 4) is 5.69 Å². The molecule has 0 aliphatic rings. The molecule has 8 nitrogen and oxygen atoms in total. The van der Waals surface area contributed by atoms with E-state index >= 15 is 0 Å². The third kappa shape index (κ3) is 4.49. The maximum absolute atomic E-state index is 12.3. The van der Waals surface area contributed by atoms with Gasteiger partial charge >= 0.3 is 5.97 Å². The molecule has 0 aliphatic heterocycles. The smallest absolute Gasteiger partial charge is 0.339 e. The van der Waals surface area contributed by atoms with Crippen molar-refractivity contribution in [2.24, 2.45) is 0 Å². The average Bonchev–Trinajstić information content (AvgIpc) is 3.16. The molecule has 0 spiro atoms. The van der Waals surface area contributed by atoms with Gasteiger partial charge in [-0.2, -0.15) is 4.68 Å². The lowest BCUT2D eigenvalue weighted by Gasteiger charge is -2.09. The van der Waals surface area contributed by atoms with Crippen LogP contribution in [0.25, 0.3) is 5.69 Å². The van der Waals surface area contributed by atoms with Crippen molar-refractivity contribution in [1.29, 1.82) is 0 Å². The van der Waals surface area contributed by atoms with Crippen LogP contribution in [0.1, 0.15) is 15.9 Å². The van der Waals surface area contributed by atoms with E-state index in [2.05, 4.69) is 25.6 Å². The first kappa shape index (κ1) is 19.8. The molecule has 0 saturated carbocycles. The van der Waals surface area contributed by atoms with Crippen LogP contribution in [0.15, 0.2) is 47.6 Å². The van der Waals surface area contributed by atoms with E-state index in [0.29, 0.717) is 10.8 Å². The molecule has 1 amide bonds. The number of ether oxygens (including phenoxy) is 1. The van der Waals surface area contributed by atoms with E-state index in [1.165, 1.54) is 31.0 Å². The number of aryl methyl sites for hydroxylation is 1. The highest BCUT2D eigenvalue weighted by atomic mass is 35.5. The molecule has 2 aromatic carbocycles. The number of hydrogen-bond donors (Lipinski definition) is 1. The number of nitrogens with zero attached hydrogens (tertiary/aromatic N) is 4. The van der Waals surface area contributed by atoms with Gasteiger partial charge in [-0.05, 0) is 47.2 Å². The van der Waals surface area contributed by atoms with Gasteiger partial charge in [0.2, 0.25) is 11.1 Å². The van der Waals surface area contributed by atoms with Crippen molar-refractivity contribution in [2.45, 2.75) is 12.1 Å². The van der Waals surface area contributed by atoms with E-state index < -0.39 is 5.97 Å². The largest absolute Gasteiger partial charge is 0.465 e. The average molecular weight is 418 g/mol. The molecule has 0 radical (unpaired) electrons. The van der Waals surface area contributed by atoms with Crippen LogP contribution < -0.4 is 5.32 Å². The van der Waals surface area contributed by atoms with Gasteiger partial charge in [0.25, 0.3) is 0 Å². The van der Waals surface area contributed by atoms with Crippen molar-refractivity contribution < 1.29 is 14.3 Å². The zero-order valence-corrected chi connectivity index (χ0v) is 16.6. The fourth-order valence-corrected chi connectivity index (χ4v) is 3.30. The molecule has 1 aromatic heterocycles. The quantitative estimate of drug-likeness (QED) is 0.485. The highest BCUT2D eigenvalue weighted by Gasteiger charge is 2.15. The Hall–Kier alpha value is -2.91. The lowest BCUT2D eigenvalue weighted by atomic mass is 10.2. The monoisotopic (exact) mass is 417 g/mol. The maximum atomic E-state index is 12.3. The van der Waals surface area contributed by atoms with Crippen molar-refractivity contribution in [1.82, 2.24) is 20.2 Å². The van der Waals surface area contributed by atoms with Gasteiger partial charge in [0.05, 0.1) is 29.1 Å². The molecule has 0 atom stereocenters. The van der Waals surface area contributed by atoms with Gasteiger partial charge in [-0.3, -0.25) is 4.79 Å². The van der Waals surface area contributed by atoms with Gasteiger partial charge in [0.15, 0.2) is 0 Å². The molecule has 0 unspecified atom stereocenters. The van der Waals surface area contributed by atoms with Crippen LogP contribution >= 0.6 is 23.4 Å². The second kappa shape index (κ2) is 8.85. The second-order valence-corrected chi connectivity index (χ2v) is 7.03. The minimum absolute atomic E-state index is 0.0858. The van der Waals surface area contributed by atoms with Crippen molar-refractivity contribution in [3.05, 3.63) is 58.6 Å². The predicted octanol–water partition coefficient (Wildman–Crippen LogP) is 3.14. The maximum Gasteiger partial charge on any atom is 0.339 e. The molecule has 28 heavy (non-hydrogen) atoms. The SMILES string of the molecule is COC(=O)c1cc(NC(=O)CSc2nnnn2-c2ccccc2C)ccc1Cl. The minimum Gasteiger partial charge on any atom is -0.465 e. The number of carbonyl (C=O) groups excluding carboxylic acids is 2. The first-order valence-corrected chi connectivity index (χ1v) is 9.51. The lowest BCUT2D eigenvalue weighted by molar-refractivity contribution is -0.113. The Morgan fingerprint density at radius 1 is 1.25 bits per heavy atom. The van der Waals surface area contributed by atoms with Crippen LogP contribution in [0.4, 0.5) is 5.69 Å². The van der Waals surface area contributed by atoms with Crippen LogP contribution in [0.2, 0.25) is 5.02 Å². The minimum atomic E-state index is -0.576. The summed E-state index contributed by atoms with van der Waals surface area (Å²) in [6, 6.07) is 12.3. The summed E-state index contributed by atoms with van der Waals surface area (Å²) in [6.07, 6.45) is 0. The number of tetrazole rings is 1. The summed E-state index contributed by atoms with van der Waals surface area (Å²) in [5.74, 6) is -0.766. The molecule has 144 valence electrons. The Labute approximate surface area is 170 Å². The highest BCUT2D eigenvalue weighted by Crippen LogP contribution is 2.23.